The van der Waals surface area contributed by atoms with Gasteiger partial charge in [0.05, 0.1) is 7.11 Å². The van der Waals surface area contributed by atoms with Crippen LogP contribution in [0, 0.1) is 17.0 Å². The first kappa shape index (κ1) is 30.0. The molecular weight excluding hydrogens is 568 g/mol. The number of aromatic nitrogens is 1. The Morgan fingerprint density at radius 1 is 0.837 bits per heavy atom. The number of carbonyl (C=O) groups is 2. The van der Waals surface area contributed by atoms with Gasteiger partial charge in [-0.05, 0) is 54.6 Å². The predicted octanol–water partition coefficient (Wildman–Crippen LogP) is 4.54. The molecule has 1 heterocycles. The Morgan fingerprint density at radius 3 is 2.12 bits per heavy atom. The van der Waals surface area contributed by atoms with Crippen LogP contribution in [0.25, 0.3) is 0 Å². The number of benzene rings is 3. The summed E-state index contributed by atoms with van der Waals surface area (Å²) in [6.07, 6.45) is 0. The van der Waals surface area contributed by atoms with Gasteiger partial charge in [0.25, 0.3) is 17.7 Å². The highest BCUT2D eigenvalue weighted by molar-refractivity contribution is 5.96. The van der Waals surface area contributed by atoms with Crippen molar-refractivity contribution in [2.24, 2.45) is 11.5 Å². The van der Waals surface area contributed by atoms with Gasteiger partial charge in [-0.2, -0.15) is 13.8 Å². The van der Waals surface area contributed by atoms with Gasteiger partial charge in [-0.1, -0.05) is 6.07 Å². The first-order valence-electron chi connectivity index (χ1n) is 12.3. The van der Waals surface area contributed by atoms with Crippen LogP contribution in [0.5, 0.6) is 46.3 Å². The highest BCUT2D eigenvalue weighted by Gasteiger charge is 2.28. The van der Waals surface area contributed by atoms with E-state index in [1.807, 2.05) is 0 Å². The quantitative estimate of drug-likeness (QED) is 0.151. The average molecular weight is 594 g/mol. The van der Waals surface area contributed by atoms with Crippen molar-refractivity contribution in [3.63, 3.8) is 0 Å². The lowest BCUT2D eigenvalue weighted by molar-refractivity contribution is 0.0827. The number of nitrogens with two attached hydrogens (primary N) is 2. The largest absolute Gasteiger partial charge is 0.504 e. The van der Waals surface area contributed by atoms with Gasteiger partial charge >= 0.3 is 0 Å². The maximum absolute atomic E-state index is 15.8. The third-order valence-electron chi connectivity index (χ3n) is 5.82. The molecule has 0 unspecified atom stereocenters. The van der Waals surface area contributed by atoms with Gasteiger partial charge < -0.3 is 40.4 Å². The number of hydrogen-bond donors (Lipinski definition) is 4. The number of hydrogen-bond acceptors (Lipinski definition) is 9. The topological polar surface area (TPSA) is 183 Å². The minimum Gasteiger partial charge on any atom is -0.504 e. The number of halogens is 2. The molecule has 43 heavy (non-hydrogen) atoms. The van der Waals surface area contributed by atoms with Crippen LogP contribution in [-0.2, 0) is 0 Å². The van der Waals surface area contributed by atoms with Crippen molar-refractivity contribution >= 4 is 17.6 Å². The van der Waals surface area contributed by atoms with Gasteiger partial charge in [0.2, 0.25) is 23.3 Å². The molecule has 0 saturated carbocycles. The molecule has 14 heteroatoms. The number of phenolic OH excluding ortho intramolecular Hbond substituents is 1. The maximum Gasteiger partial charge on any atom is 0.263 e. The van der Waals surface area contributed by atoms with Gasteiger partial charge in [-0.3, -0.25) is 15.0 Å². The second kappa shape index (κ2) is 12.3. The zero-order valence-corrected chi connectivity index (χ0v) is 23.0. The van der Waals surface area contributed by atoms with Crippen molar-refractivity contribution in [1.29, 1.82) is 5.41 Å². The van der Waals surface area contributed by atoms with Crippen LogP contribution in [0.15, 0.2) is 60.7 Å². The fourth-order valence-electron chi connectivity index (χ4n) is 3.65. The number of nitrogens with zero attached hydrogens (tertiary/aromatic N) is 2. The van der Waals surface area contributed by atoms with E-state index in [1.165, 1.54) is 60.5 Å². The summed E-state index contributed by atoms with van der Waals surface area (Å²) in [7, 11) is 4.33. The van der Waals surface area contributed by atoms with Crippen molar-refractivity contribution in [3.8, 4) is 46.3 Å². The van der Waals surface area contributed by atoms with Crippen molar-refractivity contribution in [3.05, 3.63) is 89.0 Å². The number of methoxy groups -OCH3 is 1. The molecule has 4 aromatic rings. The molecule has 2 amide bonds. The number of primary amides is 1. The number of aromatic hydroxyl groups is 1. The number of rotatable bonds is 10. The van der Waals surface area contributed by atoms with Crippen molar-refractivity contribution in [1.82, 2.24) is 9.88 Å². The zero-order valence-electron chi connectivity index (χ0n) is 23.0. The number of nitrogen functional groups attached to an aromatic ring is 1. The Kier molecular flexibility index (Phi) is 8.60. The Morgan fingerprint density at radius 2 is 1.49 bits per heavy atom. The Bertz CT molecular complexity index is 1750. The number of amidine groups is 1. The van der Waals surface area contributed by atoms with Gasteiger partial charge in [-0.15, -0.1) is 0 Å². The molecule has 0 fully saturated rings. The number of ether oxygens (including phenoxy) is 4. The monoisotopic (exact) mass is 593 g/mol. The molecule has 0 bridgehead atoms. The lowest BCUT2D eigenvalue weighted by Gasteiger charge is -2.17. The molecule has 0 atom stereocenters. The number of phenols is 1. The van der Waals surface area contributed by atoms with Crippen molar-refractivity contribution < 1.29 is 42.4 Å². The fraction of sp³-hybridized carbons (Fsp3) is 0.103. The summed E-state index contributed by atoms with van der Waals surface area (Å²) >= 11 is 0. The van der Waals surface area contributed by atoms with Gasteiger partial charge in [-0.25, -0.2) is 0 Å². The number of nitrogens with one attached hydrogen (secondary N) is 1. The minimum atomic E-state index is -1.45. The Hall–Kier alpha value is -5.92. The maximum atomic E-state index is 15.8. The Labute approximate surface area is 243 Å². The first-order valence-corrected chi connectivity index (χ1v) is 12.3. The van der Waals surface area contributed by atoms with Crippen LogP contribution < -0.4 is 30.4 Å². The van der Waals surface area contributed by atoms with Crippen molar-refractivity contribution in [2.75, 3.05) is 21.2 Å². The summed E-state index contributed by atoms with van der Waals surface area (Å²) in [6.45, 7) is 0. The molecule has 1 aromatic heterocycles. The number of carbonyl (C=O) groups excluding carboxylic acids is 2. The molecule has 3 aromatic carbocycles. The van der Waals surface area contributed by atoms with Gasteiger partial charge in [0.15, 0.2) is 23.0 Å². The van der Waals surface area contributed by atoms with E-state index in [9.17, 15) is 14.7 Å². The van der Waals surface area contributed by atoms with E-state index in [4.69, 9.17) is 35.8 Å². The van der Waals surface area contributed by atoms with Crippen LogP contribution >= 0.6 is 0 Å². The van der Waals surface area contributed by atoms with E-state index in [0.717, 1.165) is 12.1 Å². The summed E-state index contributed by atoms with van der Waals surface area (Å²) < 4.78 is 53.4. The molecule has 0 spiro atoms. The van der Waals surface area contributed by atoms with Crippen LogP contribution in [0.2, 0.25) is 0 Å². The average Bonchev–Trinajstić information content (AvgIpc) is 2.98. The van der Waals surface area contributed by atoms with E-state index in [0.29, 0.717) is 0 Å². The minimum absolute atomic E-state index is 0.0348. The van der Waals surface area contributed by atoms with Crippen molar-refractivity contribution in [2.45, 2.75) is 0 Å². The molecule has 0 aliphatic rings. The molecule has 4 rings (SSSR count). The van der Waals surface area contributed by atoms with E-state index >= 15 is 8.78 Å². The molecule has 0 aliphatic heterocycles. The predicted molar refractivity (Wildman–Crippen MR) is 149 cm³/mol. The summed E-state index contributed by atoms with van der Waals surface area (Å²) in [5, 5.41) is 17.9. The summed E-state index contributed by atoms with van der Waals surface area (Å²) in [5.41, 5.74) is 11.2. The highest BCUT2D eigenvalue weighted by atomic mass is 19.1. The second-order valence-electron chi connectivity index (χ2n) is 9.04. The van der Waals surface area contributed by atoms with Gasteiger partial charge in [0.1, 0.15) is 11.6 Å². The Balaban J connectivity index is 1.84. The van der Waals surface area contributed by atoms with E-state index < -0.39 is 40.8 Å². The summed E-state index contributed by atoms with van der Waals surface area (Å²) in [4.78, 5) is 29.1. The SMILES string of the molecule is COc1cc(C(N)=O)ccc1Oc1c(F)c(Oc2cccc(C(=O)N(C)C)c2)nc(Oc2cc(C(=N)N)ccc2O)c1F. The molecule has 0 saturated heterocycles. The molecule has 6 N–H and O–H groups in total. The third-order valence-corrected chi connectivity index (χ3v) is 5.82. The van der Waals surface area contributed by atoms with Crippen LogP contribution in [-0.4, -0.2) is 53.8 Å². The van der Waals surface area contributed by atoms with Crippen LogP contribution in [0.4, 0.5) is 8.78 Å². The normalized spacial score (nSPS) is 10.5. The van der Waals surface area contributed by atoms with E-state index in [1.54, 1.807) is 14.1 Å². The second-order valence-corrected chi connectivity index (χ2v) is 9.04. The van der Waals surface area contributed by atoms with E-state index in [-0.39, 0.29) is 51.4 Å². The first-order chi connectivity index (χ1) is 20.4. The molecule has 222 valence electrons. The van der Waals surface area contributed by atoms with Crippen LogP contribution in [0.1, 0.15) is 26.3 Å². The van der Waals surface area contributed by atoms with Gasteiger partial charge in [0, 0.05) is 30.8 Å². The van der Waals surface area contributed by atoms with Crippen LogP contribution in [0.3, 0.4) is 0 Å². The lowest BCUT2D eigenvalue weighted by Crippen LogP contribution is -2.21. The zero-order chi connectivity index (χ0) is 31.4. The highest BCUT2D eigenvalue weighted by Crippen LogP contribution is 2.43. The van der Waals surface area contributed by atoms with E-state index in [2.05, 4.69) is 4.98 Å². The number of amides is 2. The standard InChI is InChI=1S/C29H25F2N5O7/c1-36(2)29(39)16-5-4-6-17(11-16)41-27-22(30)24(42-19-10-8-15(26(34)38)13-21(19)40-3)23(31)28(35-27)43-20-12-14(25(32)33)7-9-18(20)37/h4-13,37H,1-3H3,(H3,32,33)(H2,34,38). The molecule has 12 nitrogen and oxygen atoms in total. The summed E-state index contributed by atoms with van der Waals surface area (Å²) in [6, 6.07) is 13.0. The number of pyridine rings is 1. The molecule has 0 radical (unpaired) electrons. The molecule has 0 aliphatic carbocycles. The molecular formula is C29H25F2N5O7. The fourth-order valence-corrected chi connectivity index (χ4v) is 3.65. The summed E-state index contributed by atoms with van der Waals surface area (Å²) in [5.74, 6) is -8.31. The smallest absolute Gasteiger partial charge is 0.263 e. The third kappa shape index (κ3) is 6.53. The lowest BCUT2D eigenvalue weighted by atomic mass is 10.2.